The van der Waals surface area contributed by atoms with Crippen LogP contribution in [-0.2, 0) is 16.0 Å². The number of nitrogens with zero attached hydrogens (tertiary/aromatic N) is 1. The fourth-order valence-electron chi connectivity index (χ4n) is 2.43. The van der Waals surface area contributed by atoms with E-state index in [0.717, 1.165) is 19.3 Å². The number of carbonyl (C=O) groups excluding carboxylic acids is 2. The Labute approximate surface area is 117 Å². The second kappa shape index (κ2) is 6.19. The normalized spacial score (nSPS) is 23.6. The van der Waals surface area contributed by atoms with Gasteiger partial charge >= 0.3 is 0 Å². The zero-order chi connectivity index (χ0) is 13.8. The minimum Gasteiger partial charge on any atom is -0.343 e. The zero-order valence-corrected chi connectivity index (χ0v) is 12.2. The lowest BCUT2D eigenvalue weighted by molar-refractivity contribution is -0.149. The van der Waals surface area contributed by atoms with Gasteiger partial charge in [0.2, 0.25) is 11.8 Å². The first-order valence-corrected chi connectivity index (χ1v) is 7.64. The van der Waals surface area contributed by atoms with Crippen molar-refractivity contribution in [3.63, 3.8) is 0 Å². The summed E-state index contributed by atoms with van der Waals surface area (Å²) in [6.07, 6.45) is 2.45. The molecule has 1 aliphatic heterocycles. The van der Waals surface area contributed by atoms with Crippen LogP contribution in [0.1, 0.15) is 31.6 Å². The fraction of sp³-hybridized carbons (Fsp3) is 0.571. The predicted molar refractivity (Wildman–Crippen MR) is 76.0 cm³/mol. The van der Waals surface area contributed by atoms with Crippen molar-refractivity contribution in [1.82, 2.24) is 10.2 Å². The molecule has 1 fully saturated rings. The van der Waals surface area contributed by atoms with Crippen LogP contribution in [0.5, 0.6) is 0 Å². The van der Waals surface area contributed by atoms with E-state index in [1.807, 2.05) is 18.4 Å². The van der Waals surface area contributed by atoms with Crippen molar-refractivity contribution in [2.75, 3.05) is 6.54 Å². The first-order chi connectivity index (χ1) is 9.13. The number of hydrogen-bond acceptors (Lipinski definition) is 3. The molecule has 2 amide bonds. The Morgan fingerprint density at radius 1 is 1.42 bits per heavy atom. The van der Waals surface area contributed by atoms with Gasteiger partial charge in [0.05, 0.1) is 0 Å². The summed E-state index contributed by atoms with van der Waals surface area (Å²) in [6, 6.07) is 3.38. The van der Waals surface area contributed by atoms with Crippen molar-refractivity contribution >= 4 is 23.2 Å². The van der Waals surface area contributed by atoms with Crippen molar-refractivity contribution in [1.29, 1.82) is 0 Å². The average molecular weight is 280 g/mol. The van der Waals surface area contributed by atoms with Crippen LogP contribution in [0, 0.1) is 0 Å². The molecule has 104 valence electrons. The summed E-state index contributed by atoms with van der Waals surface area (Å²) < 4.78 is 0. The Morgan fingerprint density at radius 3 is 2.84 bits per heavy atom. The molecule has 0 aromatic carbocycles. The van der Waals surface area contributed by atoms with Gasteiger partial charge in [0.15, 0.2) is 0 Å². The van der Waals surface area contributed by atoms with Crippen LogP contribution >= 0.6 is 11.3 Å². The van der Waals surface area contributed by atoms with E-state index in [-0.39, 0.29) is 17.9 Å². The smallest absolute Gasteiger partial charge is 0.245 e. The molecule has 2 unspecified atom stereocenters. The molecule has 2 atom stereocenters. The molecule has 19 heavy (non-hydrogen) atoms. The Morgan fingerprint density at radius 2 is 2.21 bits per heavy atom. The van der Waals surface area contributed by atoms with Crippen molar-refractivity contribution < 1.29 is 9.59 Å². The highest BCUT2D eigenvalue weighted by Crippen LogP contribution is 2.17. The zero-order valence-electron chi connectivity index (χ0n) is 11.4. The molecular formula is C14H20N2O2S. The largest absolute Gasteiger partial charge is 0.343 e. The molecule has 5 heteroatoms. The maximum absolute atomic E-state index is 12.2. The van der Waals surface area contributed by atoms with Crippen molar-refractivity contribution in [2.24, 2.45) is 0 Å². The minimum absolute atomic E-state index is 0.0138. The maximum atomic E-state index is 12.2. The monoisotopic (exact) mass is 280 g/mol. The molecule has 0 bridgehead atoms. The summed E-state index contributed by atoms with van der Waals surface area (Å²) in [4.78, 5) is 27.2. The summed E-state index contributed by atoms with van der Waals surface area (Å²) in [5.41, 5.74) is 0. The molecule has 1 aromatic heterocycles. The third-order valence-electron chi connectivity index (χ3n) is 3.43. The number of hydrogen-bond donors (Lipinski definition) is 1. The summed E-state index contributed by atoms with van der Waals surface area (Å²) in [5.74, 6) is 0.0229. The van der Waals surface area contributed by atoms with Crippen molar-refractivity contribution in [2.45, 2.75) is 45.2 Å². The second-order valence-electron chi connectivity index (χ2n) is 4.90. The van der Waals surface area contributed by atoms with Gasteiger partial charge in [-0.05, 0) is 31.2 Å². The Kier molecular flexibility index (Phi) is 4.58. The molecule has 1 aromatic rings. The summed E-state index contributed by atoms with van der Waals surface area (Å²) in [7, 11) is 0. The fourth-order valence-corrected chi connectivity index (χ4v) is 3.13. The van der Waals surface area contributed by atoms with Crippen LogP contribution in [-0.4, -0.2) is 35.3 Å². The van der Waals surface area contributed by atoms with E-state index in [2.05, 4.69) is 11.4 Å². The van der Waals surface area contributed by atoms with Gasteiger partial charge in [0, 0.05) is 11.4 Å². The minimum atomic E-state index is -0.399. The third kappa shape index (κ3) is 3.15. The maximum Gasteiger partial charge on any atom is 0.245 e. The van der Waals surface area contributed by atoms with Crippen LogP contribution in [0.2, 0.25) is 0 Å². The standard InChI is InChI=1S/C14H20N2O2S/c1-3-5-12-13(17)15-10(2)14(18)16(12)8-7-11-6-4-9-19-11/h4,6,9-10,12H,3,5,7-8H2,1-2H3,(H,15,17). The Hall–Kier alpha value is -1.36. The van der Waals surface area contributed by atoms with E-state index >= 15 is 0 Å². The SMILES string of the molecule is CCCC1C(=O)NC(C)C(=O)N1CCc1cccs1. The van der Waals surface area contributed by atoms with Crippen molar-refractivity contribution in [3.05, 3.63) is 22.4 Å². The van der Waals surface area contributed by atoms with E-state index in [1.54, 1.807) is 23.2 Å². The highest BCUT2D eigenvalue weighted by atomic mass is 32.1. The number of nitrogens with one attached hydrogen (secondary N) is 1. The summed E-state index contributed by atoms with van der Waals surface area (Å²) in [5, 5.41) is 4.79. The molecular weight excluding hydrogens is 260 g/mol. The first kappa shape index (κ1) is 14.1. The van der Waals surface area contributed by atoms with Gasteiger partial charge in [0.1, 0.15) is 12.1 Å². The third-order valence-corrected chi connectivity index (χ3v) is 4.37. The van der Waals surface area contributed by atoms with E-state index < -0.39 is 6.04 Å². The first-order valence-electron chi connectivity index (χ1n) is 6.76. The number of thiophene rings is 1. The number of piperazine rings is 1. The molecule has 1 aliphatic rings. The van der Waals surface area contributed by atoms with Crippen LogP contribution in [0.25, 0.3) is 0 Å². The second-order valence-corrected chi connectivity index (χ2v) is 5.93. The lowest BCUT2D eigenvalue weighted by Gasteiger charge is -2.37. The quantitative estimate of drug-likeness (QED) is 0.894. The Balaban J connectivity index is 2.07. The van der Waals surface area contributed by atoms with Crippen LogP contribution in [0.15, 0.2) is 17.5 Å². The predicted octanol–water partition coefficient (Wildman–Crippen LogP) is 1.81. The van der Waals surface area contributed by atoms with Crippen molar-refractivity contribution in [3.8, 4) is 0 Å². The topological polar surface area (TPSA) is 49.4 Å². The number of amides is 2. The van der Waals surface area contributed by atoms with Crippen LogP contribution < -0.4 is 5.32 Å². The van der Waals surface area contributed by atoms with Gasteiger partial charge in [-0.2, -0.15) is 0 Å². The van der Waals surface area contributed by atoms with Gasteiger partial charge < -0.3 is 10.2 Å². The highest BCUT2D eigenvalue weighted by Gasteiger charge is 2.37. The van der Waals surface area contributed by atoms with Crippen LogP contribution in [0.3, 0.4) is 0 Å². The highest BCUT2D eigenvalue weighted by molar-refractivity contribution is 7.09. The van der Waals surface area contributed by atoms with E-state index in [4.69, 9.17) is 0 Å². The van der Waals surface area contributed by atoms with Gasteiger partial charge in [-0.3, -0.25) is 9.59 Å². The van der Waals surface area contributed by atoms with Gasteiger partial charge in [0.25, 0.3) is 0 Å². The summed E-state index contributed by atoms with van der Waals surface area (Å²) >= 11 is 1.69. The van der Waals surface area contributed by atoms with E-state index in [0.29, 0.717) is 6.54 Å². The van der Waals surface area contributed by atoms with Gasteiger partial charge in [-0.25, -0.2) is 0 Å². The molecule has 4 nitrogen and oxygen atoms in total. The van der Waals surface area contributed by atoms with Gasteiger partial charge in [-0.1, -0.05) is 19.4 Å². The lowest BCUT2D eigenvalue weighted by atomic mass is 10.0. The molecule has 0 spiro atoms. The number of carbonyl (C=O) groups is 2. The molecule has 2 heterocycles. The molecule has 1 N–H and O–H groups in total. The molecule has 0 radical (unpaired) electrons. The molecule has 0 saturated carbocycles. The number of rotatable bonds is 5. The van der Waals surface area contributed by atoms with Crippen LogP contribution in [0.4, 0.5) is 0 Å². The van der Waals surface area contributed by atoms with E-state index in [1.165, 1.54) is 4.88 Å². The Bertz CT molecular complexity index is 444. The lowest BCUT2D eigenvalue weighted by Crippen LogP contribution is -2.62. The summed E-state index contributed by atoms with van der Waals surface area (Å²) in [6.45, 7) is 4.41. The molecule has 0 aliphatic carbocycles. The van der Waals surface area contributed by atoms with E-state index in [9.17, 15) is 9.59 Å². The average Bonchev–Trinajstić information content (AvgIpc) is 2.88. The van der Waals surface area contributed by atoms with Gasteiger partial charge in [-0.15, -0.1) is 11.3 Å². The molecule has 1 saturated heterocycles. The molecule has 2 rings (SSSR count).